The number of rotatable bonds is 2. The highest BCUT2D eigenvalue weighted by atomic mass is 16.5. The highest BCUT2D eigenvalue weighted by Gasteiger charge is 2.56. The summed E-state index contributed by atoms with van der Waals surface area (Å²) in [5, 5.41) is 20.0. The fourth-order valence-corrected chi connectivity index (χ4v) is 5.70. The van der Waals surface area contributed by atoms with Crippen LogP contribution in [0, 0.1) is 28.6 Å². The van der Waals surface area contributed by atoms with Gasteiger partial charge in [0.05, 0.1) is 0 Å². The largest absolute Gasteiger partial charge is 0.368 e. The van der Waals surface area contributed by atoms with Gasteiger partial charge in [-0.15, -0.1) is 0 Å². The molecule has 3 aliphatic carbocycles. The van der Waals surface area contributed by atoms with Gasteiger partial charge in [-0.3, -0.25) is 0 Å². The number of fused-ring (bicyclic) bond motifs is 3. The van der Waals surface area contributed by atoms with Gasteiger partial charge in [-0.1, -0.05) is 51.8 Å². The fourth-order valence-electron chi connectivity index (χ4n) is 5.70. The molecule has 2 heteroatoms. The standard InChI is InChI=1S/C20H32O2/c1-13(2)14-6-8-16-15(12-14)7-9-17-19(16,3)10-5-11-20(17,4)18(21)22/h7,12-13,16-18,21-22H,5-6,8-11H2,1-4H3/t16?,17?,19-,20-/m1/s1. The molecule has 3 aliphatic rings. The Balaban J connectivity index is 1.98. The van der Waals surface area contributed by atoms with E-state index in [0.717, 1.165) is 19.3 Å². The molecule has 2 unspecified atom stereocenters. The predicted octanol–water partition coefficient (Wildman–Crippen LogP) is 4.43. The first kappa shape index (κ1) is 16.3. The van der Waals surface area contributed by atoms with E-state index >= 15 is 0 Å². The lowest BCUT2D eigenvalue weighted by atomic mass is 9.46. The Kier molecular flexibility index (Phi) is 4.06. The maximum atomic E-state index is 10.0. The van der Waals surface area contributed by atoms with Gasteiger partial charge >= 0.3 is 0 Å². The molecule has 0 aromatic carbocycles. The van der Waals surface area contributed by atoms with Crippen molar-refractivity contribution in [1.29, 1.82) is 0 Å². The van der Waals surface area contributed by atoms with E-state index in [-0.39, 0.29) is 10.8 Å². The Morgan fingerprint density at radius 3 is 2.55 bits per heavy atom. The lowest BCUT2D eigenvalue weighted by Crippen LogP contribution is -2.54. The minimum Gasteiger partial charge on any atom is -0.368 e. The van der Waals surface area contributed by atoms with Crippen molar-refractivity contribution in [3.63, 3.8) is 0 Å². The van der Waals surface area contributed by atoms with Crippen molar-refractivity contribution < 1.29 is 10.2 Å². The Hall–Kier alpha value is -0.600. The summed E-state index contributed by atoms with van der Waals surface area (Å²) in [7, 11) is 0. The molecule has 4 atom stereocenters. The number of allylic oxidation sites excluding steroid dienone is 4. The molecule has 0 bridgehead atoms. The van der Waals surface area contributed by atoms with Gasteiger partial charge in [-0.2, -0.15) is 0 Å². The van der Waals surface area contributed by atoms with Crippen molar-refractivity contribution in [2.24, 2.45) is 28.6 Å². The zero-order valence-electron chi connectivity index (χ0n) is 14.6. The summed E-state index contributed by atoms with van der Waals surface area (Å²) in [6.45, 7) is 9.10. The average Bonchev–Trinajstić information content (AvgIpc) is 2.46. The molecule has 124 valence electrons. The molecule has 1 saturated carbocycles. The van der Waals surface area contributed by atoms with Gasteiger partial charge in [0.25, 0.3) is 0 Å². The molecule has 0 saturated heterocycles. The molecule has 0 heterocycles. The Labute approximate surface area is 135 Å². The molecule has 1 fully saturated rings. The van der Waals surface area contributed by atoms with E-state index in [1.165, 1.54) is 24.8 Å². The van der Waals surface area contributed by atoms with Crippen LogP contribution < -0.4 is 0 Å². The summed E-state index contributed by atoms with van der Waals surface area (Å²) in [4.78, 5) is 0. The van der Waals surface area contributed by atoms with E-state index < -0.39 is 6.29 Å². The molecule has 0 aliphatic heterocycles. The Morgan fingerprint density at radius 1 is 1.18 bits per heavy atom. The third kappa shape index (κ3) is 2.30. The lowest BCUT2D eigenvalue weighted by molar-refractivity contribution is -0.196. The van der Waals surface area contributed by atoms with Gasteiger partial charge in [-0.25, -0.2) is 0 Å². The zero-order chi connectivity index (χ0) is 16.1. The van der Waals surface area contributed by atoms with Crippen molar-refractivity contribution in [3.05, 3.63) is 23.3 Å². The van der Waals surface area contributed by atoms with Gasteiger partial charge in [0.1, 0.15) is 0 Å². The van der Waals surface area contributed by atoms with Gasteiger partial charge in [0.15, 0.2) is 6.29 Å². The maximum Gasteiger partial charge on any atom is 0.157 e. The van der Waals surface area contributed by atoms with Crippen molar-refractivity contribution in [3.8, 4) is 0 Å². The van der Waals surface area contributed by atoms with Crippen LogP contribution in [0.15, 0.2) is 23.3 Å². The molecule has 0 amide bonds. The summed E-state index contributed by atoms with van der Waals surface area (Å²) in [6.07, 6.45) is 10.4. The van der Waals surface area contributed by atoms with Gasteiger partial charge in [-0.05, 0) is 60.8 Å². The van der Waals surface area contributed by atoms with Crippen LogP contribution in [0.2, 0.25) is 0 Å². The third-order valence-electron chi connectivity index (χ3n) is 7.22. The van der Waals surface area contributed by atoms with Crippen LogP contribution in [-0.4, -0.2) is 16.5 Å². The molecular weight excluding hydrogens is 272 g/mol. The summed E-state index contributed by atoms with van der Waals surface area (Å²) in [5.74, 6) is 1.63. The average molecular weight is 304 g/mol. The van der Waals surface area contributed by atoms with Crippen LogP contribution in [0.1, 0.15) is 66.2 Å². The van der Waals surface area contributed by atoms with Gasteiger partial charge < -0.3 is 10.2 Å². The highest BCUT2D eigenvalue weighted by Crippen LogP contribution is 2.62. The second-order valence-electron chi connectivity index (χ2n) is 8.70. The molecule has 0 aromatic heterocycles. The predicted molar refractivity (Wildman–Crippen MR) is 90.1 cm³/mol. The molecule has 0 spiro atoms. The van der Waals surface area contributed by atoms with E-state index in [1.807, 2.05) is 0 Å². The van der Waals surface area contributed by atoms with Crippen LogP contribution in [0.5, 0.6) is 0 Å². The second kappa shape index (κ2) is 5.49. The topological polar surface area (TPSA) is 40.5 Å². The van der Waals surface area contributed by atoms with E-state index in [0.29, 0.717) is 17.8 Å². The van der Waals surface area contributed by atoms with Crippen LogP contribution >= 0.6 is 0 Å². The molecular formula is C20H32O2. The molecule has 2 nitrogen and oxygen atoms in total. The van der Waals surface area contributed by atoms with Crippen molar-refractivity contribution in [1.82, 2.24) is 0 Å². The lowest BCUT2D eigenvalue weighted by Gasteiger charge is -2.58. The van der Waals surface area contributed by atoms with E-state index in [2.05, 4.69) is 39.8 Å². The number of aliphatic hydroxyl groups is 2. The van der Waals surface area contributed by atoms with E-state index in [4.69, 9.17) is 0 Å². The smallest absolute Gasteiger partial charge is 0.157 e. The summed E-state index contributed by atoms with van der Waals surface area (Å²) < 4.78 is 0. The SMILES string of the molecule is CC(C)C1=CC2=CCC3[C@](C)(C(O)O)CCC[C@]3(C)C2CC1. The van der Waals surface area contributed by atoms with Crippen LogP contribution in [0.25, 0.3) is 0 Å². The first-order chi connectivity index (χ1) is 10.3. The first-order valence-electron chi connectivity index (χ1n) is 9.05. The van der Waals surface area contributed by atoms with Crippen molar-refractivity contribution >= 4 is 0 Å². The number of hydrogen-bond acceptors (Lipinski definition) is 2. The quantitative estimate of drug-likeness (QED) is 0.741. The fraction of sp³-hybridized carbons (Fsp3) is 0.800. The van der Waals surface area contributed by atoms with Crippen LogP contribution in [-0.2, 0) is 0 Å². The first-order valence-corrected chi connectivity index (χ1v) is 9.05. The summed E-state index contributed by atoms with van der Waals surface area (Å²) in [6, 6.07) is 0. The van der Waals surface area contributed by atoms with Crippen LogP contribution in [0.3, 0.4) is 0 Å². The third-order valence-corrected chi connectivity index (χ3v) is 7.22. The summed E-state index contributed by atoms with van der Waals surface area (Å²) in [5.41, 5.74) is 2.99. The summed E-state index contributed by atoms with van der Waals surface area (Å²) >= 11 is 0. The van der Waals surface area contributed by atoms with Crippen molar-refractivity contribution in [2.75, 3.05) is 0 Å². The number of hydrogen-bond donors (Lipinski definition) is 2. The monoisotopic (exact) mass is 304 g/mol. The normalized spacial score (nSPS) is 41.8. The molecule has 0 aromatic rings. The van der Waals surface area contributed by atoms with E-state index in [9.17, 15) is 10.2 Å². The maximum absolute atomic E-state index is 10.0. The highest BCUT2D eigenvalue weighted by molar-refractivity contribution is 5.35. The minimum absolute atomic E-state index is 0.222. The van der Waals surface area contributed by atoms with E-state index in [1.54, 1.807) is 5.57 Å². The second-order valence-corrected chi connectivity index (χ2v) is 8.70. The van der Waals surface area contributed by atoms with Gasteiger partial charge in [0.2, 0.25) is 0 Å². The van der Waals surface area contributed by atoms with Crippen molar-refractivity contribution in [2.45, 2.75) is 72.5 Å². The van der Waals surface area contributed by atoms with Gasteiger partial charge in [0, 0.05) is 5.41 Å². The number of aliphatic hydroxyl groups excluding tert-OH is 1. The molecule has 22 heavy (non-hydrogen) atoms. The molecule has 0 radical (unpaired) electrons. The zero-order valence-corrected chi connectivity index (χ0v) is 14.6. The Morgan fingerprint density at radius 2 is 1.91 bits per heavy atom. The minimum atomic E-state index is -1.20. The molecule has 3 rings (SSSR count). The molecule has 2 N–H and O–H groups in total. The van der Waals surface area contributed by atoms with Crippen LogP contribution in [0.4, 0.5) is 0 Å². The Bertz CT molecular complexity index is 502.